The number of hydrogen-bond acceptors (Lipinski definition) is 5. The highest BCUT2D eigenvalue weighted by atomic mass is 79.9. The zero-order valence-corrected chi connectivity index (χ0v) is 23.2. The van der Waals surface area contributed by atoms with E-state index in [1.807, 2.05) is 36.5 Å². The molecule has 1 heterocycles. The van der Waals surface area contributed by atoms with Crippen molar-refractivity contribution in [3.8, 4) is 11.8 Å². The summed E-state index contributed by atoms with van der Waals surface area (Å²) < 4.78 is 6.81. The summed E-state index contributed by atoms with van der Waals surface area (Å²) in [6.45, 7) is 0.415. The molecule has 0 bridgehead atoms. The van der Waals surface area contributed by atoms with E-state index in [1.165, 1.54) is 36.1 Å². The molecular formula is C30H30BrN3O2S. The molecule has 5 nitrogen and oxygen atoms in total. The highest BCUT2D eigenvalue weighted by Gasteiger charge is 2.27. The second-order valence-electron chi connectivity index (χ2n) is 9.74. The van der Waals surface area contributed by atoms with Crippen LogP contribution in [-0.4, -0.2) is 18.2 Å². The van der Waals surface area contributed by atoms with Crippen LogP contribution < -0.4 is 10.1 Å². The van der Waals surface area contributed by atoms with Crippen LogP contribution in [0.5, 0.6) is 5.75 Å². The lowest BCUT2D eigenvalue weighted by molar-refractivity contribution is 0.0927. The third kappa shape index (κ3) is 6.31. The second-order valence-corrected chi connectivity index (χ2v) is 11.7. The highest BCUT2D eigenvalue weighted by Crippen LogP contribution is 2.40. The molecule has 1 aromatic heterocycles. The van der Waals surface area contributed by atoms with Gasteiger partial charge in [-0.25, -0.2) is 4.99 Å². The minimum Gasteiger partial charge on any atom is -0.488 e. The summed E-state index contributed by atoms with van der Waals surface area (Å²) >= 11 is 5.29. The van der Waals surface area contributed by atoms with Crippen LogP contribution in [-0.2, 0) is 19.4 Å². The van der Waals surface area contributed by atoms with Crippen molar-refractivity contribution in [2.75, 3.05) is 0 Å². The first kappa shape index (κ1) is 25.7. The Labute approximate surface area is 230 Å². The molecule has 3 aromatic rings. The Morgan fingerprint density at radius 3 is 2.65 bits per heavy atom. The zero-order valence-electron chi connectivity index (χ0n) is 20.8. The van der Waals surface area contributed by atoms with Crippen molar-refractivity contribution in [1.29, 1.82) is 5.26 Å². The third-order valence-electron chi connectivity index (χ3n) is 7.08. The van der Waals surface area contributed by atoms with Crippen molar-refractivity contribution in [2.24, 2.45) is 4.99 Å². The minimum absolute atomic E-state index is 0.0474. The normalized spacial score (nSPS) is 15.8. The molecule has 37 heavy (non-hydrogen) atoms. The van der Waals surface area contributed by atoms with E-state index >= 15 is 0 Å². The van der Waals surface area contributed by atoms with E-state index in [1.54, 1.807) is 23.5 Å². The standard InChI is InChI=1S/C30H30BrN3O2S/c31-25-16-22(14-15-26(25)36-19-21-12-10-20(17-32)11-13-21)18-33-30-28(24-8-4-5-9-27(24)37-30)29(35)34-23-6-2-1-3-7-23/h10-16,18,23H,1-9,19H2,(H,34,35). The molecule has 0 unspecified atom stereocenters. The third-order valence-corrected chi connectivity index (χ3v) is 8.90. The second kappa shape index (κ2) is 12.1. The smallest absolute Gasteiger partial charge is 0.254 e. The van der Waals surface area contributed by atoms with Gasteiger partial charge in [-0.1, -0.05) is 31.4 Å². The zero-order chi connectivity index (χ0) is 25.6. The Morgan fingerprint density at radius 1 is 1.11 bits per heavy atom. The quantitative estimate of drug-likeness (QED) is 0.294. The number of fused-ring (bicyclic) bond motifs is 1. The predicted octanol–water partition coefficient (Wildman–Crippen LogP) is 7.65. The number of aryl methyl sites for hydroxylation is 1. The monoisotopic (exact) mass is 575 g/mol. The molecule has 2 aliphatic rings. The van der Waals surface area contributed by atoms with Crippen molar-refractivity contribution in [3.63, 3.8) is 0 Å². The topological polar surface area (TPSA) is 74.5 Å². The lowest BCUT2D eigenvalue weighted by Crippen LogP contribution is -2.36. The first-order valence-corrected chi connectivity index (χ1v) is 14.6. The van der Waals surface area contributed by atoms with Gasteiger partial charge < -0.3 is 10.1 Å². The van der Waals surface area contributed by atoms with Gasteiger partial charge in [-0.3, -0.25) is 4.79 Å². The molecule has 1 amide bonds. The number of aliphatic imine (C=N–C) groups is 1. The van der Waals surface area contributed by atoms with E-state index in [-0.39, 0.29) is 11.9 Å². The molecule has 1 N–H and O–H groups in total. The van der Waals surface area contributed by atoms with Gasteiger partial charge in [0.05, 0.1) is 21.7 Å². The molecule has 0 aliphatic heterocycles. The number of nitrogens with zero attached hydrogens (tertiary/aromatic N) is 2. The number of carbonyl (C=O) groups is 1. The van der Waals surface area contributed by atoms with Crippen LogP contribution in [0.25, 0.3) is 0 Å². The Hall–Kier alpha value is -2.95. The van der Waals surface area contributed by atoms with Gasteiger partial charge in [0.1, 0.15) is 17.4 Å². The molecule has 190 valence electrons. The van der Waals surface area contributed by atoms with Gasteiger partial charge in [-0.15, -0.1) is 11.3 Å². The lowest BCUT2D eigenvalue weighted by atomic mass is 9.93. The molecular weight excluding hydrogens is 546 g/mol. The average Bonchev–Trinajstić information content (AvgIpc) is 3.31. The van der Waals surface area contributed by atoms with Crippen molar-refractivity contribution >= 4 is 44.4 Å². The number of halogens is 1. The van der Waals surface area contributed by atoms with Gasteiger partial charge >= 0.3 is 0 Å². The van der Waals surface area contributed by atoms with E-state index in [0.717, 1.165) is 64.0 Å². The van der Waals surface area contributed by atoms with E-state index in [0.29, 0.717) is 12.2 Å². The molecule has 7 heteroatoms. The van der Waals surface area contributed by atoms with Crippen molar-refractivity contribution in [1.82, 2.24) is 5.32 Å². The van der Waals surface area contributed by atoms with Crippen molar-refractivity contribution in [2.45, 2.75) is 70.4 Å². The summed E-state index contributed by atoms with van der Waals surface area (Å²) in [6, 6.07) is 15.7. The Kier molecular flexibility index (Phi) is 8.38. The van der Waals surface area contributed by atoms with E-state index in [2.05, 4.69) is 27.3 Å². The average molecular weight is 577 g/mol. The molecule has 2 aromatic carbocycles. The maximum absolute atomic E-state index is 13.4. The van der Waals surface area contributed by atoms with Crippen LogP contribution in [0, 0.1) is 11.3 Å². The largest absolute Gasteiger partial charge is 0.488 e. The molecule has 0 radical (unpaired) electrons. The molecule has 0 atom stereocenters. The maximum atomic E-state index is 13.4. The fourth-order valence-electron chi connectivity index (χ4n) is 5.07. The molecule has 1 saturated carbocycles. The molecule has 0 spiro atoms. The number of amides is 1. The van der Waals surface area contributed by atoms with Crippen LogP contribution in [0.2, 0.25) is 0 Å². The summed E-state index contributed by atoms with van der Waals surface area (Å²) in [4.78, 5) is 19.5. The van der Waals surface area contributed by atoms with Crippen molar-refractivity contribution in [3.05, 3.63) is 79.6 Å². The van der Waals surface area contributed by atoms with Crippen LogP contribution >= 0.6 is 27.3 Å². The summed E-state index contributed by atoms with van der Waals surface area (Å²) in [6.07, 6.45) is 12.0. The first-order chi connectivity index (χ1) is 18.1. The van der Waals surface area contributed by atoms with E-state index in [4.69, 9.17) is 15.0 Å². The number of carbonyl (C=O) groups excluding carboxylic acids is 1. The fraction of sp³-hybridized carbons (Fsp3) is 0.367. The predicted molar refractivity (Wildman–Crippen MR) is 152 cm³/mol. The van der Waals surface area contributed by atoms with Gasteiger partial charge in [-0.2, -0.15) is 5.26 Å². The van der Waals surface area contributed by atoms with Crippen LogP contribution in [0.1, 0.15) is 82.4 Å². The van der Waals surface area contributed by atoms with Gasteiger partial charge in [0.25, 0.3) is 5.91 Å². The van der Waals surface area contributed by atoms with Gasteiger partial charge in [0.2, 0.25) is 0 Å². The minimum atomic E-state index is 0.0474. The summed E-state index contributed by atoms with van der Waals surface area (Å²) in [5, 5.41) is 13.1. The van der Waals surface area contributed by atoms with Crippen LogP contribution in [0.4, 0.5) is 5.00 Å². The summed E-state index contributed by atoms with van der Waals surface area (Å²) in [5.74, 6) is 0.784. The molecule has 1 fully saturated rings. The van der Waals surface area contributed by atoms with Crippen LogP contribution in [0.15, 0.2) is 51.9 Å². The maximum Gasteiger partial charge on any atom is 0.254 e. The molecule has 0 saturated heterocycles. The van der Waals surface area contributed by atoms with Crippen LogP contribution in [0.3, 0.4) is 0 Å². The molecule has 2 aliphatic carbocycles. The fourth-order valence-corrected chi connectivity index (χ4v) is 6.81. The molecule has 5 rings (SSSR count). The number of thiophene rings is 1. The highest BCUT2D eigenvalue weighted by molar-refractivity contribution is 9.10. The van der Waals surface area contributed by atoms with E-state index in [9.17, 15) is 4.79 Å². The van der Waals surface area contributed by atoms with Gasteiger partial charge in [-0.05, 0) is 101 Å². The number of rotatable bonds is 7. The van der Waals surface area contributed by atoms with Gasteiger partial charge in [0.15, 0.2) is 0 Å². The number of ether oxygens (including phenoxy) is 1. The lowest BCUT2D eigenvalue weighted by Gasteiger charge is -2.23. The summed E-state index contributed by atoms with van der Waals surface area (Å²) in [5.41, 5.74) is 4.57. The number of hydrogen-bond donors (Lipinski definition) is 1. The Morgan fingerprint density at radius 2 is 1.89 bits per heavy atom. The van der Waals surface area contributed by atoms with E-state index < -0.39 is 0 Å². The number of nitrogens with one attached hydrogen (secondary N) is 1. The SMILES string of the molecule is N#Cc1ccc(COc2ccc(C=Nc3sc4c(c3C(=O)NC3CCCCC3)CCCC4)cc2Br)cc1. The first-order valence-electron chi connectivity index (χ1n) is 13.0. The Bertz CT molecular complexity index is 1330. The van der Waals surface area contributed by atoms with Crippen molar-refractivity contribution < 1.29 is 9.53 Å². The van der Waals surface area contributed by atoms with Gasteiger partial charge in [0, 0.05) is 17.1 Å². The number of nitriles is 1. The summed E-state index contributed by atoms with van der Waals surface area (Å²) in [7, 11) is 0. The number of benzene rings is 2. The Balaban J connectivity index is 1.30.